The molecule has 0 saturated carbocycles. The summed E-state index contributed by atoms with van der Waals surface area (Å²) in [5, 5.41) is 5.11. The van der Waals surface area contributed by atoms with Crippen molar-refractivity contribution < 1.29 is 9.63 Å². The van der Waals surface area contributed by atoms with Gasteiger partial charge in [-0.3, -0.25) is 14.3 Å². The standard InChI is InChI=1S/C9H13N3O2/c1-11-7-8(6-10-11)4-5-9(13)12(2)14-3/h4-7H,1-3H3. The second kappa shape index (κ2) is 4.57. The predicted molar refractivity (Wildman–Crippen MR) is 52.0 cm³/mol. The molecule has 5 nitrogen and oxygen atoms in total. The fourth-order valence-electron chi connectivity index (χ4n) is 0.889. The summed E-state index contributed by atoms with van der Waals surface area (Å²) in [6, 6.07) is 0. The fourth-order valence-corrected chi connectivity index (χ4v) is 0.889. The van der Waals surface area contributed by atoms with Crippen LogP contribution in [0, 0.1) is 0 Å². The van der Waals surface area contributed by atoms with E-state index in [1.165, 1.54) is 13.2 Å². The molecule has 0 spiro atoms. The van der Waals surface area contributed by atoms with Crippen LogP contribution in [-0.4, -0.2) is 34.9 Å². The summed E-state index contributed by atoms with van der Waals surface area (Å²) in [5.74, 6) is -0.212. The van der Waals surface area contributed by atoms with E-state index in [1.54, 1.807) is 24.0 Å². The molecule has 0 aliphatic carbocycles. The van der Waals surface area contributed by atoms with Crippen LogP contribution in [0.15, 0.2) is 18.5 Å². The molecule has 0 saturated heterocycles. The Morgan fingerprint density at radius 2 is 2.43 bits per heavy atom. The van der Waals surface area contributed by atoms with E-state index in [-0.39, 0.29) is 5.91 Å². The van der Waals surface area contributed by atoms with Crippen molar-refractivity contribution in [3.8, 4) is 0 Å². The third-order valence-electron chi connectivity index (χ3n) is 1.73. The summed E-state index contributed by atoms with van der Waals surface area (Å²) in [5.41, 5.74) is 0.880. The van der Waals surface area contributed by atoms with Gasteiger partial charge >= 0.3 is 0 Å². The maximum atomic E-state index is 11.2. The van der Waals surface area contributed by atoms with Crippen molar-refractivity contribution in [3.63, 3.8) is 0 Å². The van der Waals surface area contributed by atoms with Gasteiger partial charge in [0.05, 0.1) is 13.3 Å². The highest BCUT2D eigenvalue weighted by Crippen LogP contribution is 1.99. The highest BCUT2D eigenvalue weighted by Gasteiger charge is 2.01. The molecule has 1 aromatic heterocycles. The highest BCUT2D eigenvalue weighted by atomic mass is 16.7. The second-order valence-electron chi connectivity index (χ2n) is 2.80. The fraction of sp³-hybridized carbons (Fsp3) is 0.333. The number of aryl methyl sites for hydroxylation is 1. The average Bonchev–Trinajstić information content (AvgIpc) is 2.59. The molecular formula is C9H13N3O2. The molecule has 0 aliphatic rings. The molecule has 1 aromatic rings. The molecule has 0 aromatic carbocycles. The number of hydrogen-bond donors (Lipinski definition) is 0. The zero-order chi connectivity index (χ0) is 10.6. The van der Waals surface area contributed by atoms with Crippen LogP contribution in [0.1, 0.15) is 5.56 Å². The minimum atomic E-state index is -0.212. The Kier molecular flexibility index (Phi) is 3.41. The lowest BCUT2D eigenvalue weighted by molar-refractivity contribution is -0.162. The van der Waals surface area contributed by atoms with Crippen LogP contribution in [0.5, 0.6) is 0 Å². The smallest absolute Gasteiger partial charge is 0.269 e. The summed E-state index contributed by atoms with van der Waals surface area (Å²) in [7, 11) is 4.81. The van der Waals surface area contributed by atoms with E-state index in [0.717, 1.165) is 10.6 Å². The average molecular weight is 195 g/mol. The van der Waals surface area contributed by atoms with Gasteiger partial charge in [0, 0.05) is 31.9 Å². The van der Waals surface area contributed by atoms with Crippen LogP contribution in [0.25, 0.3) is 6.08 Å². The van der Waals surface area contributed by atoms with Crippen molar-refractivity contribution in [3.05, 3.63) is 24.0 Å². The van der Waals surface area contributed by atoms with Gasteiger partial charge in [-0.25, -0.2) is 5.06 Å². The minimum Gasteiger partial charge on any atom is -0.275 e. The number of likely N-dealkylation sites (N-methyl/N-ethyl adjacent to an activating group) is 1. The molecule has 5 heteroatoms. The SMILES string of the molecule is CON(C)C(=O)C=Cc1cnn(C)c1. The molecule has 1 rings (SSSR count). The van der Waals surface area contributed by atoms with Gasteiger partial charge < -0.3 is 0 Å². The van der Waals surface area contributed by atoms with Crippen LogP contribution < -0.4 is 0 Å². The third-order valence-corrected chi connectivity index (χ3v) is 1.73. The lowest BCUT2D eigenvalue weighted by Gasteiger charge is -2.09. The zero-order valence-electron chi connectivity index (χ0n) is 8.47. The first-order valence-electron chi connectivity index (χ1n) is 4.12. The summed E-state index contributed by atoms with van der Waals surface area (Å²) >= 11 is 0. The predicted octanol–water partition coefficient (Wildman–Crippen LogP) is 0.453. The zero-order valence-corrected chi connectivity index (χ0v) is 8.47. The normalized spacial score (nSPS) is 10.8. The Balaban J connectivity index is 2.60. The molecule has 1 amide bonds. The Morgan fingerprint density at radius 1 is 1.71 bits per heavy atom. The highest BCUT2D eigenvalue weighted by molar-refractivity contribution is 5.90. The van der Waals surface area contributed by atoms with Gasteiger partial charge in [-0.05, 0) is 6.08 Å². The first kappa shape index (κ1) is 10.5. The van der Waals surface area contributed by atoms with Crippen molar-refractivity contribution in [1.82, 2.24) is 14.8 Å². The van der Waals surface area contributed by atoms with Gasteiger partial charge in [0.15, 0.2) is 0 Å². The molecule has 0 fully saturated rings. The second-order valence-corrected chi connectivity index (χ2v) is 2.80. The van der Waals surface area contributed by atoms with Crippen molar-refractivity contribution in [2.45, 2.75) is 0 Å². The van der Waals surface area contributed by atoms with Gasteiger partial charge in [-0.2, -0.15) is 5.10 Å². The number of rotatable bonds is 3. The van der Waals surface area contributed by atoms with Gasteiger partial charge in [-0.1, -0.05) is 0 Å². The van der Waals surface area contributed by atoms with Crippen molar-refractivity contribution in [2.24, 2.45) is 7.05 Å². The first-order valence-corrected chi connectivity index (χ1v) is 4.12. The Hall–Kier alpha value is -1.62. The van der Waals surface area contributed by atoms with E-state index in [9.17, 15) is 4.79 Å². The third kappa shape index (κ3) is 2.70. The van der Waals surface area contributed by atoms with E-state index in [2.05, 4.69) is 5.10 Å². The Morgan fingerprint density at radius 3 is 2.93 bits per heavy atom. The topological polar surface area (TPSA) is 47.4 Å². The summed E-state index contributed by atoms with van der Waals surface area (Å²) in [6.45, 7) is 0. The molecule has 0 atom stereocenters. The first-order chi connectivity index (χ1) is 6.63. The Bertz CT molecular complexity index is 344. The molecule has 0 N–H and O–H groups in total. The molecule has 0 bridgehead atoms. The number of hydroxylamine groups is 2. The summed E-state index contributed by atoms with van der Waals surface area (Å²) in [4.78, 5) is 16.0. The van der Waals surface area contributed by atoms with Crippen LogP contribution in [0.3, 0.4) is 0 Å². The van der Waals surface area contributed by atoms with E-state index in [4.69, 9.17) is 4.84 Å². The molecule has 1 heterocycles. The maximum Gasteiger partial charge on any atom is 0.269 e. The van der Waals surface area contributed by atoms with Gasteiger partial charge in [-0.15, -0.1) is 0 Å². The molecule has 0 aliphatic heterocycles. The molecule has 0 unspecified atom stereocenters. The van der Waals surface area contributed by atoms with Crippen molar-refractivity contribution >= 4 is 12.0 Å². The van der Waals surface area contributed by atoms with Crippen molar-refractivity contribution in [2.75, 3.05) is 14.2 Å². The minimum absolute atomic E-state index is 0.212. The summed E-state index contributed by atoms with van der Waals surface area (Å²) in [6.07, 6.45) is 6.61. The number of nitrogens with zero attached hydrogens (tertiary/aromatic N) is 3. The van der Waals surface area contributed by atoms with Crippen LogP contribution >= 0.6 is 0 Å². The lowest BCUT2D eigenvalue weighted by atomic mass is 10.3. The summed E-state index contributed by atoms with van der Waals surface area (Å²) < 4.78 is 1.67. The van der Waals surface area contributed by atoms with Crippen LogP contribution in [0.4, 0.5) is 0 Å². The van der Waals surface area contributed by atoms with Gasteiger partial charge in [0.1, 0.15) is 0 Å². The molecule has 0 radical (unpaired) electrons. The Labute approximate surface area is 82.5 Å². The quantitative estimate of drug-likeness (QED) is 0.519. The lowest BCUT2D eigenvalue weighted by Crippen LogP contribution is -2.22. The van der Waals surface area contributed by atoms with Gasteiger partial charge in [0.2, 0.25) is 0 Å². The number of aromatic nitrogens is 2. The van der Waals surface area contributed by atoms with E-state index >= 15 is 0 Å². The molecular weight excluding hydrogens is 182 g/mol. The van der Waals surface area contributed by atoms with Crippen LogP contribution in [0.2, 0.25) is 0 Å². The number of hydrogen-bond acceptors (Lipinski definition) is 3. The largest absolute Gasteiger partial charge is 0.275 e. The molecule has 76 valence electrons. The number of carbonyl (C=O) groups is 1. The van der Waals surface area contributed by atoms with E-state index in [1.807, 2.05) is 13.2 Å². The number of carbonyl (C=O) groups excluding carboxylic acids is 1. The monoisotopic (exact) mass is 195 g/mol. The van der Waals surface area contributed by atoms with E-state index < -0.39 is 0 Å². The van der Waals surface area contributed by atoms with Crippen LogP contribution in [-0.2, 0) is 16.7 Å². The van der Waals surface area contributed by atoms with Crippen molar-refractivity contribution in [1.29, 1.82) is 0 Å². The number of amides is 1. The molecule has 14 heavy (non-hydrogen) atoms. The maximum absolute atomic E-state index is 11.2. The van der Waals surface area contributed by atoms with Gasteiger partial charge in [0.25, 0.3) is 5.91 Å². The van der Waals surface area contributed by atoms with E-state index in [0.29, 0.717) is 0 Å².